The maximum absolute atomic E-state index is 10.9. The second-order valence-corrected chi connectivity index (χ2v) is 3.61. The molecule has 0 spiro atoms. The summed E-state index contributed by atoms with van der Waals surface area (Å²) in [7, 11) is 0. The molecule has 0 aliphatic rings. The van der Waals surface area contributed by atoms with Crippen molar-refractivity contribution in [3.05, 3.63) is 51.6 Å². The molecular formula is C12H4N6O2. The molecular weight excluding hydrogens is 260 g/mol. The molecule has 2 aromatic rings. The topological polar surface area (TPSA) is 132 Å². The first-order valence-electron chi connectivity index (χ1n) is 5.18. The first kappa shape index (κ1) is 12.7. The molecule has 1 aromatic carbocycles. The van der Waals surface area contributed by atoms with Crippen LogP contribution in [-0.4, -0.2) is 14.5 Å². The van der Waals surface area contributed by atoms with E-state index in [4.69, 9.17) is 15.8 Å². The summed E-state index contributed by atoms with van der Waals surface area (Å²) in [6, 6.07) is 9.16. The number of nitro benzene ring substituents is 1. The second-order valence-electron chi connectivity index (χ2n) is 3.61. The number of nitrogens with zero attached hydrogens (tertiary/aromatic N) is 6. The molecule has 0 saturated heterocycles. The van der Waals surface area contributed by atoms with E-state index in [-0.39, 0.29) is 28.3 Å². The SMILES string of the molecule is N#Cc1ccc(-n2cnc(C#N)c2C#N)cc1[N+](=O)[O-]. The van der Waals surface area contributed by atoms with Gasteiger partial charge in [0.05, 0.1) is 10.6 Å². The van der Waals surface area contributed by atoms with Gasteiger partial charge in [-0.3, -0.25) is 14.7 Å². The highest BCUT2D eigenvalue weighted by Gasteiger charge is 2.17. The van der Waals surface area contributed by atoms with E-state index in [0.717, 1.165) is 6.07 Å². The van der Waals surface area contributed by atoms with Crippen molar-refractivity contribution in [2.45, 2.75) is 0 Å². The third-order valence-electron chi connectivity index (χ3n) is 2.56. The van der Waals surface area contributed by atoms with Crippen molar-refractivity contribution in [2.24, 2.45) is 0 Å². The van der Waals surface area contributed by atoms with Crippen LogP contribution < -0.4 is 0 Å². The molecule has 0 atom stereocenters. The third-order valence-corrected chi connectivity index (χ3v) is 2.56. The van der Waals surface area contributed by atoms with E-state index in [9.17, 15) is 10.1 Å². The van der Waals surface area contributed by atoms with Crippen LogP contribution in [0.15, 0.2) is 24.5 Å². The maximum atomic E-state index is 10.9. The predicted octanol–water partition coefficient (Wildman–Crippen LogP) is 1.40. The monoisotopic (exact) mass is 264 g/mol. The van der Waals surface area contributed by atoms with Crippen molar-refractivity contribution in [1.29, 1.82) is 15.8 Å². The number of nitro groups is 1. The van der Waals surface area contributed by atoms with Crippen molar-refractivity contribution < 1.29 is 4.92 Å². The molecule has 0 aliphatic heterocycles. The van der Waals surface area contributed by atoms with E-state index >= 15 is 0 Å². The molecule has 0 saturated carbocycles. The molecule has 20 heavy (non-hydrogen) atoms. The minimum atomic E-state index is -0.684. The molecule has 0 amide bonds. The zero-order chi connectivity index (χ0) is 14.7. The van der Waals surface area contributed by atoms with E-state index in [2.05, 4.69) is 4.98 Å². The Morgan fingerprint density at radius 2 is 1.95 bits per heavy atom. The zero-order valence-corrected chi connectivity index (χ0v) is 9.81. The number of hydrogen-bond donors (Lipinski definition) is 0. The highest BCUT2D eigenvalue weighted by atomic mass is 16.6. The third kappa shape index (κ3) is 1.92. The van der Waals surface area contributed by atoms with Gasteiger partial charge >= 0.3 is 0 Å². The van der Waals surface area contributed by atoms with Crippen LogP contribution in [0.1, 0.15) is 17.0 Å². The molecule has 0 fully saturated rings. The normalized spacial score (nSPS) is 9.25. The maximum Gasteiger partial charge on any atom is 0.289 e. The first-order valence-corrected chi connectivity index (χ1v) is 5.18. The van der Waals surface area contributed by atoms with Gasteiger partial charge in [0.15, 0.2) is 11.4 Å². The van der Waals surface area contributed by atoms with Crippen LogP contribution in [-0.2, 0) is 0 Å². The van der Waals surface area contributed by atoms with E-state index in [1.807, 2.05) is 6.07 Å². The standard InChI is InChI=1S/C12H4N6O2/c13-4-8-1-2-9(3-11(8)18(19)20)17-7-16-10(5-14)12(17)6-15/h1-3,7H. The summed E-state index contributed by atoms with van der Waals surface area (Å²) >= 11 is 0. The van der Waals surface area contributed by atoms with Gasteiger partial charge in [-0.1, -0.05) is 0 Å². The molecule has 0 radical (unpaired) electrons. The smallest absolute Gasteiger partial charge is 0.289 e. The van der Waals surface area contributed by atoms with E-state index < -0.39 is 4.92 Å². The van der Waals surface area contributed by atoms with Crippen molar-refractivity contribution in [3.63, 3.8) is 0 Å². The summed E-state index contributed by atoms with van der Waals surface area (Å²) in [5.74, 6) is 0. The van der Waals surface area contributed by atoms with Gasteiger partial charge in [-0.05, 0) is 12.1 Å². The molecule has 94 valence electrons. The van der Waals surface area contributed by atoms with Crippen molar-refractivity contribution in [2.75, 3.05) is 0 Å². The number of imidazole rings is 1. The Morgan fingerprint density at radius 3 is 2.50 bits per heavy atom. The van der Waals surface area contributed by atoms with Gasteiger partial charge < -0.3 is 0 Å². The van der Waals surface area contributed by atoms with Gasteiger partial charge in [-0.2, -0.15) is 15.8 Å². The van der Waals surface area contributed by atoms with Crippen molar-refractivity contribution in [3.8, 4) is 23.9 Å². The van der Waals surface area contributed by atoms with Crippen LogP contribution >= 0.6 is 0 Å². The number of rotatable bonds is 2. The van der Waals surface area contributed by atoms with Gasteiger partial charge in [0.1, 0.15) is 30.1 Å². The van der Waals surface area contributed by atoms with Gasteiger partial charge in [-0.15, -0.1) is 0 Å². The quantitative estimate of drug-likeness (QED) is 0.594. The van der Waals surface area contributed by atoms with Crippen LogP contribution in [0.2, 0.25) is 0 Å². The Morgan fingerprint density at radius 1 is 1.20 bits per heavy atom. The molecule has 0 unspecified atom stereocenters. The minimum absolute atomic E-state index is 0.0218. The van der Waals surface area contributed by atoms with E-state index in [0.29, 0.717) is 0 Å². The van der Waals surface area contributed by atoms with Crippen molar-refractivity contribution in [1.82, 2.24) is 9.55 Å². The molecule has 2 rings (SSSR count). The summed E-state index contributed by atoms with van der Waals surface area (Å²) in [5.41, 5.74) is -0.272. The Kier molecular flexibility index (Phi) is 3.12. The van der Waals surface area contributed by atoms with Gasteiger partial charge in [-0.25, -0.2) is 4.98 Å². The fourth-order valence-electron chi connectivity index (χ4n) is 1.65. The molecule has 8 heteroatoms. The molecule has 1 aromatic heterocycles. The Hall–Kier alpha value is -3.70. The average Bonchev–Trinajstić information content (AvgIpc) is 2.89. The Balaban J connectivity index is 2.68. The zero-order valence-electron chi connectivity index (χ0n) is 9.81. The predicted molar refractivity (Wildman–Crippen MR) is 64.4 cm³/mol. The minimum Gasteiger partial charge on any atom is -0.289 e. The lowest BCUT2D eigenvalue weighted by molar-refractivity contribution is -0.385. The molecule has 0 bridgehead atoms. The average molecular weight is 264 g/mol. The molecule has 8 nitrogen and oxygen atoms in total. The number of hydrogen-bond acceptors (Lipinski definition) is 6. The van der Waals surface area contributed by atoms with Gasteiger partial charge in [0.25, 0.3) is 5.69 Å². The van der Waals surface area contributed by atoms with E-state index in [1.165, 1.54) is 23.0 Å². The van der Waals surface area contributed by atoms with Gasteiger partial charge in [0, 0.05) is 6.07 Å². The van der Waals surface area contributed by atoms with Crippen LogP contribution in [0.5, 0.6) is 0 Å². The highest BCUT2D eigenvalue weighted by Crippen LogP contribution is 2.23. The summed E-state index contributed by atoms with van der Waals surface area (Å²) in [4.78, 5) is 14.0. The largest absolute Gasteiger partial charge is 0.289 e. The second kappa shape index (κ2) is 4.89. The lowest BCUT2D eigenvalue weighted by Crippen LogP contribution is -1.99. The first-order chi connectivity index (χ1) is 9.62. The summed E-state index contributed by atoms with van der Waals surface area (Å²) in [6.07, 6.45) is 1.22. The number of nitriles is 3. The number of aromatic nitrogens is 2. The Bertz CT molecular complexity index is 831. The van der Waals surface area contributed by atoms with Crippen LogP contribution in [0.4, 0.5) is 5.69 Å². The number of benzene rings is 1. The summed E-state index contributed by atoms with van der Waals surface area (Å²) in [6.45, 7) is 0. The summed E-state index contributed by atoms with van der Waals surface area (Å²) in [5, 5.41) is 37.5. The van der Waals surface area contributed by atoms with Gasteiger partial charge in [0.2, 0.25) is 0 Å². The lowest BCUT2D eigenvalue weighted by atomic mass is 10.1. The fraction of sp³-hybridized carbons (Fsp3) is 0. The van der Waals surface area contributed by atoms with Crippen LogP contribution in [0.3, 0.4) is 0 Å². The molecule has 0 N–H and O–H groups in total. The Labute approximate surface area is 112 Å². The highest BCUT2D eigenvalue weighted by molar-refractivity contribution is 5.56. The van der Waals surface area contributed by atoms with Crippen LogP contribution in [0.25, 0.3) is 5.69 Å². The molecule has 1 heterocycles. The van der Waals surface area contributed by atoms with E-state index in [1.54, 1.807) is 12.1 Å². The summed E-state index contributed by atoms with van der Waals surface area (Å²) < 4.78 is 1.26. The van der Waals surface area contributed by atoms with Crippen LogP contribution in [0, 0.1) is 44.1 Å². The lowest BCUT2D eigenvalue weighted by Gasteiger charge is -2.04. The molecule has 0 aliphatic carbocycles. The fourth-order valence-corrected chi connectivity index (χ4v) is 1.65. The van der Waals surface area contributed by atoms with Crippen molar-refractivity contribution >= 4 is 5.69 Å².